The van der Waals surface area contributed by atoms with Crippen LogP contribution in [0.1, 0.15) is 5.56 Å². The molecule has 0 saturated carbocycles. The van der Waals surface area contributed by atoms with Crippen molar-refractivity contribution < 1.29 is 14.3 Å². The van der Waals surface area contributed by atoms with Crippen LogP contribution in [0.4, 0.5) is 16.2 Å². The number of nitrogens with one attached hydrogen (secondary N) is 2. The van der Waals surface area contributed by atoms with E-state index >= 15 is 0 Å². The van der Waals surface area contributed by atoms with Crippen LogP contribution in [-0.4, -0.2) is 20.3 Å². The van der Waals surface area contributed by atoms with Gasteiger partial charge in [0, 0.05) is 21.9 Å². The molecular formula is C16H17BrN2O3. The van der Waals surface area contributed by atoms with Gasteiger partial charge in [-0.25, -0.2) is 4.79 Å². The summed E-state index contributed by atoms with van der Waals surface area (Å²) in [6.45, 7) is 1.98. The van der Waals surface area contributed by atoms with Gasteiger partial charge >= 0.3 is 6.03 Å². The molecule has 2 rings (SSSR count). The molecule has 0 spiro atoms. The van der Waals surface area contributed by atoms with Gasteiger partial charge in [0.05, 0.1) is 14.2 Å². The lowest BCUT2D eigenvalue weighted by Gasteiger charge is -2.11. The maximum atomic E-state index is 12.0. The predicted octanol–water partition coefficient (Wildman–Crippen LogP) is 4.42. The van der Waals surface area contributed by atoms with Gasteiger partial charge in [0.15, 0.2) is 11.5 Å². The van der Waals surface area contributed by atoms with Crippen LogP contribution < -0.4 is 20.1 Å². The molecule has 2 aromatic carbocycles. The number of hydrogen-bond donors (Lipinski definition) is 2. The largest absolute Gasteiger partial charge is 0.493 e. The van der Waals surface area contributed by atoms with Crippen LogP contribution in [0.5, 0.6) is 11.5 Å². The molecule has 0 aliphatic carbocycles. The van der Waals surface area contributed by atoms with Crippen molar-refractivity contribution in [1.29, 1.82) is 0 Å². The van der Waals surface area contributed by atoms with Crippen LogP contribution >= 0.6 is 15.9 Å². The van der Waals surface area contributed by atoms with Gasteiger partial charge < -0.3 is 20.1 Å². The number of ether oxygens (including phenoxy) is 2. The van der Waals surface area contributed by atoms with Gasteiger partial charge in [-0.2, -0.15) is 0 Å². The molecule has 5 nitrogen and oxygen atoms in total. The Labute approximate surface area is 137 Å². The Kier molecular flexibility index (Phi) is 5.27. The Morgan fingerprint density at radius 3 is 2.14 bits per heavy atom. The Morgan fingerprint density at radius 2 is 1.55 bits per heavy atom. The summed E-state index contributed by atoms with van der Waals surface area (Å²) in [5.41, 5.74) is 2.42. The summed E-state index contributed by atoms with van der Waals surface area (Å²) in [4.78, 5) is 12.0. The summed E-state index contributed by atoms with van der Waals surface area (Å²) in [6.07, 6.45) is 0. The Balaban J connectivity index is 2.07. The van der Waals surface area contributed by atoms with E-state index in [1.807, 2.05) is 25.1 Å². The van der Waals surface area contributed by atoms with Crippen LogP contribution in [0.3, 0.4) is 0 Å². The molecule has 0 fully saturated rings. The highest BCUT2D eigenvalue weighted by Crippen LogP contribution is 2.29. The van der Waals surface area contributed by atoms with Crippen molar-refractivity contribution in [1.82, 2.24) is 0 Å². The molecule has 2 aromatic rings. The fourth-order valence-corrected chi connectivity index (χ4v) is 2.26. The molecule has 0 bridgehead atoms. The number of methoxy groups -OCH3 is 2. The molecule has 0 saturated heterocycles. The molecule has 2 amide bonds. The molecule has 0 aliphatic heterocycles. The van der Waals surface area contributed by atoms with Gasteiger partial charge in [0.25, 0.3) is 0 Å². The fraction of sp³-hybridized carbons (Fsp3) is 0.188. The van der Waals surface area contributed by atoms with Gasteiger partial charge in [-0.15, -0.1) is 0 Å². The van der Waals surface area contributed by atoms with Crippen LogP contribution in [0.2, 0.25) is 0 Å². The molecule has 0 heterocycles. The van der Waals surface area contributed by atoms with Crippen molar-refractivity contribution >= 4 is 33.3 Å². The SMILES string of the molecule is COc1ccc(NC(=O)Nc2ccc(C)c(Br)c2)cc1OC. The van der Waals surface area contributed by atoms with Crippen molar-refractivity contribution in [2.45, 2.75) is 6.92 Å². The first kappa shape index (κ1) is 16.2. The van der Waals surface area contributed by atoms with Gasteiger partial charge in [0.1, 0.15) is 0 Å². The fourth-order valence-electron chi connectivity index (χ4n) is 1.88. The lowest BCUT2D eigenvalue weighted by Crippen LogP contribution is -2.19. The Morgan fingerprint density at radius 1 is 0.955 bits per heavy atom. The van der Waals surface area contributed by atoms with Gasteiger partial charge in [0.2, 0.25) is 0 Å². The third-order valence-corrected chi connectivity index (χ3v) is 3.93. The number of benzene rings is 2. The standard InChI is InChI=1S/C16H17BrN2O3/c1-10-4-5-11(8-13(10)17)18-16(20)19-12-6-7-14(21-2)15(9-12)22-3/h4-9H,1-3H3,(H2,18,19,20). The zero-order chi connectivity index (χ0) is 16.1. The van der Waals surface area contributed by atoms with E-state index in [9.17, 15) is 4.79 Å². The third-order valence-electron chi connectivity index (χ3n) is 3.07. The molecule has 22 heavy (non-hydrogen) atoms. The minimum absolute atomic E-state index is 0.331. The second kappa shape index (κ2) is 7.17. The van der Waals surface area contributed by atoms with Crippen LogP contribution in [0, 0.1) is 6.92 Å². The highest BCUT2D eigenvalue weighted by atomic mass is 79.9. The molecule has 0 radical (unpaired) electrons. The summed E-state index contributed by atoms with van der Waals surface area (Å²) >= 11 is 3.44. The van der Waals surface area contributed by atoms with E-state index in [4.69, 9.17) is 9.47 Å². The minimum Gasteiger partial charge on any atom is -0.493 e. The average molecular weight is 365 g/mol. The summed E-state index contributed by atoms with van der Waals surface area (Å²) in [7, 11) is 3.11. The van der Waals surface area contributed by atoms with Gasteiger partial charge in [-0.3, -0.25) is 0 Å². The second-order valence-corrected chi connectivity index (χ2v) is 5.47. The molecule has 116 valence electrons. The molecule has 0 aromatic heterocycles. The minimum atomic E-state index is -0.331. The zero-order valence-electron chi connectivity index (χ0n) is 12.6. The van der Waals surface area contributed by atoms with E-state index in [1.165, 1.54) is 0 Å². The average Bonchev–Trinajstić information content (AvgIpc) is 2.50. The van der Waals surface area contributed by atoms with Crippen molar-refractivity contribution in [3.63, 3.8) is 0 Å². The molecule has 0 atom stereocenters. The summed E-state index contributed by atoms with van der Waals surface area (Å²) in [5, 5.41) is 5.52. The lowest BCUT2D eigenvalue weighted by atomic mass is 10.2. The zero-order valence-corrected chi connectivity index (χ0v) is 14.2. The first-order chi connectivity index (χ1) is 10.5. The van der Waals surface area contributed by atoms with Crippen LogP contribution in [0.25, 0.3) is 0 Å². The molecule has 0 aliphatic rings. The van der Waals surface area contributed by atoms with E-state index in [1.54, 1.807) is 32.4 Å². The first-order valence-electron chi connectivity index (χ1n) is 6.59. The molecular weight excluding hydrogens is 348 g/mol. The maximum absolute atomic E-state index is 12.0. The van der Waals surface area contributed by atoms with Gasteiger partial charge in [-0.05, 0) is 36.8 Å². The quantitative estimate of drug-likeness (QED) is 0.843. The lowest BCUT2D eigenvalue weighted by molar-refractivity contribution is 0.262. The predicted molar refractivity (Wildman–Crippen MR) is 91.1 cm³/mol. The Hall–Kier alpha value is -2.21. The number of halogens is 1. The van der Waals surface area contributed by atoms with Crippen molar-refractivity contribution in [2.75, 3.05) is 24.9 Å². The molecule has 2 N–H and O–H groups in total. The molecule has 0 unspecified atom stereocenters. The summed E-state index contributed by atoms with van der Waals surface area (Å²) in [6, 6.07) is 10.5. The number of rotatable bonds is 4. The number of carbonyl (C=O) groups excluding carboxylic acids is 1. The third kappa shape index (κ3) is 3.92. The molecule has 6 heteroatoms. The van der Waals surface area contributed by atoms with E-state index in [2.05, 4.69) is 26.6 Å². The highest BCUT2D eigenvalue weighted by Gasteiger charge is 2.08. The van der Waals surface area contributed by atoms with E-state index < -0.39 is 0 Å². The summed E-state index contributed by atoms with van der Waals surface area (Å²) < 4.78 is 11.3. The number of aryl methyl sites for hydroxylation is 1. The number of hydrogen-bond acceptors (Lipinski definition) is 3. The van der Waals surface area contributed by atoms with E-state index in [0.717, 1.165) is 10.0 Å². The van der Waals surface area contributed by atoms with Crippen molar-refractivity contribution in [3.8, 4) is 11.5 Å². The smallest absolute Gasteiger partial charge is 0.323 e. The Bertz CT molecular complexity index is 689. The van der Waals surface area contributed by atoms with Crippen molar-refractivity contribution in [2.24, 2.45) is 0 Å². The number of amides is 2. The maximum Gasteiger partial charge on any atom is 0.323 e. The summed E-state index contributed by atoms with van der Waals surface area (Å²) in [5.74, 6) is 1.16. The van der Waals surface area contributed by atoms with E-state index in [0.29, 0.717) is 22.9 Å². The van der Waals surface area contributed by atoms with Crippen molar-refractivity contribution in [3.05, 3.63) is 46.4 Å². The normalized spacial score (nSPS) is 10.0. The number of anilines is 2. The van der Waals surface area contributed by atoms with Crippen LogP contribution in [-0.2, 0) is 0 Å². The van der Waals surface area contributed by atoms with Gasteiger partial charge in [-0.1, -0.05) is 22.0 Å². The number of urea groups is 1. The van der Waals surface area contributed by atoms with E-state index in [-0.39, 0.29) is 6.03 Å². The number of carbonyl (C=O) groups is 1. The second-order valence-electron chi connectivity index (χ2n) is 4.61. The monoisotopic (exact) mass is 364 g/mol. The van der Waals surface area contributed by atoms with Crippen LogP contribution in [0.15, 0.2) is 40.9 Å². The topological polar surface area (TPSA) is 59.6 Å². The highest BCUT2D eigenvalue weighted by molar-refractivity contribution is 9.10. The first-order valence-corrected chi connectivity index (χ1v) is 7.39.